The summed E-state index contributed by atoms with van der Waals surface area (Å²) in [6, 6.07) is 9.80. The van der Waals surface area contributed by atoms with Gasteiger partial charge in [0.25, 0.3) is 5.91 Å². The standard InChI is InChI=1S/C15H18N4O/c1-11-14(15(20)17-9-12-7-16-8-12)10-19(18-11)13-5-3-2-4-6-13/h2-6,10,12,16H,7-9H2,1H3,(H,17,20). The van der Waals surface area contributed by atoms with Crippen LogP contribution in [0.3, 0.4) is 0 Å². The van der Waals surface area contributed by atoms with Crippen molar-refractivity contribution in [3.8, 4) is 5.69 Å². The largest absolute Gasteiger partial charge is 0.352 e. The predicted octanol–water partition coefficient (Wildman–Crippen LogP) is 1.13. The highest BCUT2D eigenvalue weighted by molar-refractivity contribution is 5.95. The first kappa shape index (κ1) is 12.9. The highest BCUT2D eigenvalue weighted by Crippen LogP contribution is 2.12. The van der Waals surface area contributed by atoms with Gasteiger partial charge >= 0.3 is 0 Å². The van der Waals surface area contributed by atoms with Gasteiger partial charge in [0.15, 0.2) is 0 Å². The number of aromatic nitrogens is 2. The number of rotatable bonds is 4. The third kappa shape index (κ3) is 2.58. The number of nitrogens with one attached hydrogen (secondary N) is 2. The summed E-state index contributed by atoms with van der Waals surface area (Å²) in [6.07, 6.45) is 1.79. The Bertz CT molecular complexity index is 602. The molecule has 0 spiro atoms. The Balaban J connectivity index is 1.73. The lowest BCUT2D eigenvalue weighted by atomic mass is 10.0. The molecule has 1 saturated heterocycles. The van der Waals surface area contributed by atoms with Crippen molar-refractivity contribution in [2.45, 2.75) is 6.92 Å². The van der Waals surface area contributed by atoms with Crippen LogP contribution >= 0.6 is 0 Å². The molecule has 0 saturated carbocycles. The molecule has 5 nitrogen and oxygen atoms in total. The average molecular weight is 270 g/mol. The average Bonchev–Trinajstić information content (AvgIpc) is 2.80. The van der Waals surface area contributed by atoms with Gasteiger partial charge in [0, 0.05) is 31.7 Å². The zero-order valence-corrected chi connectivity index (χ0v) is 11.5. The monoisotopic (exact) mass is 270 g/mol. The fourth-order valence-electron chi connectivity index (χ4n) is 2.22. The molecular formula is C15H18N4O. The van der Waals surface area contributed by atoms with E-state index in [9.17, 15) is 4.79 Å². The minimum absolute atomic E-state index is 0.0448. The van der Waals surface area contributed by atoms with Gasteiger partial charge in [0.05, 0.1) is 16.9 Å². The molecule has 1 aliphatic rings. The van der Waals surface area contributed by atoms with Crippen molar-refractivity contribution in [1.82, 2.24) is 20.4 Å². The highest BCUT2D eigenvalue weighted by atomic mass is 16.1. The molecule has 1 aromatic heterocycles. The number of amides is 1. The van der Waals surface area contributed by atoms with E-state index in [0.29, 0.717) is 11.5 Å². The molecule has 104 valence electrons. The van der Waals surface area contributed by atoms with Crippen molar-refractivity contribution < 1.29 is 4.79 Å². The second-order valence-corrected chi connectivity index (χ2v) is 5.14. The predicted molar refractivity (Wildman–Crippen MR) is 77.0 cm³/mol. The van der Waals surface area contributed by atoms with Gasteiger partial charge < -0.3 is 10.6 Å². The lowest BCUT2D eigenvalue weighted by Crippen LogP contribution is -2.48. The van der Waals surface area contributed by atoms with Crippen molar-refractivity contribution in [2.75, 3.05) is 19.6 Å². The quantitative estimate of drug-likeness (QED) is 0.875. The van der Waals surface area contributed by atoms with Crippen LogP contribution in [0.15, 0.2) is 36.5 Å². The Hall–Kier alpha value is -2.14. The first-order valence-electron chi connectivity index (χ1n) is 6.84. The number of carbonyl (C=O) groups is 1. The van der Waals surface area contributed by atoms with E-state index >= 15 is 0 Å². The number of nitrogens with zero attached hydrogens (tertiary/aromatic N) is 2. The zero-order chi connectivity index (χ0) is 13.9. The molecular weight excluding hydrogens is 252 g/mol. The van der Waals surface area contributed by atoms with E-state index < -0.39 is 0 Å². The van der Waals surface area contributed by atoms with Gasteiger partial charge in [-0.3, -0.25) is 4.79 Å². The summed E-state index contributed by atoms with van der Waals surface area (Å²) in [7, 11) is 0. The Kier molecular flexibility index (Phi) is 3.52. The van der Waals surface area contributed by atoms with Crippen molar-refractivity contribution >= 4 is 5.91 Å². The van der Waals surface area contributed by atoms with Crippen LogP contribution in [0.4, 0.5) is 0 Å². The molecule has 2 aromatic rings. The van der Waals surface area contributed by atoms with E-state index in [0.717, 1.165) is 31.0 Å². The summed E-state index contributed by atoms with van der Waals surface area (Å²) in [4.78, 5) is 12.2. The lowest BCUT2D eigenvalue weighted by molar-refractivity contribution is 0.0941. The molecule has 1 amide bonds. The smallest absolute Gasteiger partial charge is 0.254 e. The SMILES string of the molecule is Cc1nn(-c2ccccc2)cc1C(=O)NCC1CNC1. The summed E-state index contributed by atoms with van der Waals surface area (Å²) in [5.74, 6) is 0.514. The number of carbonyl (C=O) groups excluding carboxylic acids is 1. The van der Waals surface area contributed by atoms with E-state index in [1.54, 1.807) is 10.9 Å². The molecule has 0 unspecified atom stereocenters. The molecule has 5 heteroatoms. The summed E-state index contributed by atoms with van der Waals surface area (Å²) in [5, 5.41) is 10.6. The zero-order valence-electron chi connectivity index (χ0n) is 11.5. The molecule has 2 N–H and O–H groups in total. The molecule has 20 heavy (non-hydrogen) atoms. The second kappa shape index (κ2) is 5.46. The minimum atomic E-state index is -0.0448. The maximum atomic E-state index is 12.2. The molecule has 1 aromatic carbocycles. The van der Waals surface area contributed by atoms with Crippen molar-refractivity contribution in [3.05, 3.63) is 47.8 Å². The van der Waals surface area contributed by atoms with Crippen LogP contribution in [0.25, 0.3) is 5.69 Å². The molecule has 0 aliphatic carbocycles. The van der Waals surface area contributed by atoms with Gasteiger partial charge in [0.1, 0.15) is 0 Å². The van der Waals surface area contributed by atoms with Gasteiger partial charge in [-0.25, -0.2) is 4.68 Å². The molecule has 1 fully saturated rings. The van der Waals surface area contributed by atoms with Crippen LogP contribution in [0.1, 0.15) is 16.1 Å². The first-order valence-corrected chi connectivity index (χ1v) is 6.84. The van der Waals surface area contributed by atoms with Crippen molar-refractivity contribution in [1.29, 1.82) is 0 Å². The normalized spacial score (nSPS) is 14.8. The Labute approximate surface area is 118 Å². The van der Waals surface area contributed by atoms with Crippen LogP contribution < -0.4 is 10.6 Å². The van der Waals surface area contributed by atoms with Crippen LogP contribution in [0.5, 0.6) is 0 Å². The van der Waals surface area contributed by atoms with Crippen LogP contribution in [-0.2, 0) is 0 Å². The highest BCUT2D eigenvalue weighted by Gasteiger charge is 2.19. The molecule has 0 atom stereocenters. The third-order valence-electron chi connectivity index (χ3n) is 3.58. The van der Waals surface area contributed by atoms with Gasteiger partial charge in [-0.2, -0.15) is 5.10 Å². The van der Waals surface area contributed by atoms with Gasteiger partial charge in [0.2, 0.25) is 0 Å². The molecule has 2 heterocycles. The van der Waals surface area contributed by atoms with Crippen molar-refractivity contribution in [3.63, 3.8) is 0 Å². The fraction of sp³-hybridized carbons (Fsp3) is 0.333. The van der Waals surface area contributed by atoms with E-state index in [1.807, 2.05) is 37.3 Å². The fourth-order valence-corrected chi connectivity index (χ4v) is 2.22. The van der Waals surface area contributed by atoms with Gasteiger partial charge in [-0.05, 0) is 19.1 Å². The topological polar surface area (TPSA) is 59.0 Å². The third-order valence-corrected chi connectivity index (χ3v) is 3.58. The van der Waals surface area contributed by atoms with Gasteiger partial charge in [-0.1, -0.05) is 18.2 Å². The summed E-state index contributed by atoms with van der Waals surface area (Å²) < 4.78 is 1.75. The number of benzene rings is 1. The lowest BCUT2D eigenvalue weighted by Gasteiger charge is -2.26. The van der Waals surface area contributed by atoms with Crippen LogP contribution in [-0.4, -0.2) is 35.3 Å². The number of hydrogen-bond donors (Lipinski definition) is 2. The summed E-state index contributed by atoms with van der Waals surface area (Å²) in [5.41, 5.74) is 2.34. The number of aryl methyl sites for hydroxylation is 1. The maximum Gasteiger partial charge on any atom is 0.254 e. The summed E-state index contributed by atoms with van der Waals surface area (Å²) in [6.45, 7) is 4.56. The second-order valence-electron chi connectivity index (χ2n) is 5.14. The van der Waals surface area contributed by atoms with Crippen LogP contribution in [0.2, 0.25) is 0 Å². The Morgan fingerprint density at radius 1 is 1.40 bits per heavy atom. The number of para-hydroxylation sites is 1. The molecule has 0 bridgehead atoms. The minimum Gasteiger partial charge on any atom is -0.352 e. The summed E-state index contributed by atoms with van der Waals surface area (Å²) >= 11 is 0. The maximum absolute atomic E-state index is 12.2. The van der Waals surface area contributed by atoms with E-state index in [2.05, 4.69) is 15.7 Å². The Morgan fingerprint density at radius 3 is 2.80 bits per heavy atom. The van der Waals surface area contributed by atoms with E-state index in [-0.39, 0.29) is 5.91 Å². The van der Waals surface area contributed by atoms with E-state index in [4.69, 9.17) is 0 Å². The van der Waals surface area contributed by atoms with Crippen molar-refractivity contribution in [2.24, 2.45) is 5.92 Å². The van der Waals surface area contributed by atoms with Gasteiger partial charge in [-0.15, -0.1) is 0 Å². The number of hydrogen-bond acceptors (Lipinski definition) is 3. The molecule has 3 rings (SSSR count). The van der Waals surface area contributed by atoms with E-state index in [1.165, 1.54) is 0 Å². The Morgan fingerprint density at radius 2 is 2.15 bits per heavy atom. The molecule has 0 radical (unpaired) electrons. The van der Waals surface area contributed by atoms with Crippen LogP contribution in [0, 0.1) is 12.8 Å². The molecule has 1 aliphatic heterocycles. The first-order chi connectivity index (χ1) is 9.74.